The molecule has 0 saturated heterocycles. The first-order chi connectivity index (χ1) is 13.1. The largest absolute Gasteiger partial charge is 0.395 e. The molecule has 7 heteroatoms. The highest BCUT2D eigenvalue weighted by atomic mass is 16.3. The summed E-state index contributed by atoms with van der Waals surface area (Å²) >= 11 is 0. The van der Waals surface area contributed by atoms with Gasteiger partial charge in [-0.05, 0) is 70.7 Å². The van der Waals surface area contributed by atoms with Crippen LogP contribution in [-0.4, -0.2) is 85.4 Å². The summed E-state index contributed by atoms with van der Waals surface area (Å²) in [6, 6.07) is 5.87. The van der Waals surface area contributed by atoms with Crippen molar-refractivity contribution in [2.24, 2.45) is 17.2 Å². The average molecular weight is 381 g/mol. The van der Waals surface area contributed by atoms with Gasteiger partial charge in [0, 0.05) is 36.9 Å². The molecule has 0 saturated carbocycles. The van der Waals surface area contributed by atoms with Gasteiger partial charge in [-0.1, -0.05) is 13.0 Å². The van der Waals surface area contributed by atoms with Gasteiger partial charge in [0.2, 0.25) is 0 Å². The summed E-state index contributed by atoms with van der Waals surface area (Å²) in [5, 5.41) is 10.1. The predicted molar refractivity (Wildman–Crippen MR) is 113 cm³/mol. The van der Waals surface area contributed by atoms with Crippen LogP contribution in [0.25, 0.3) is 0 Å². The molecule has 0 aromatic carbocycles. The van der Waals surface area contributed by atoms with E-state index in [0.717, 1.165) is 64.2 Å². The van der Waals surface area contributed by atoms with Gasteiger partial charge >= 0.3 is 0 Å². The van der Waals surface area contributed by atoms with E-state index in [0.29, 0.717) is 19.6 Å². The lowest BCUT2D eigenvalue weighted by atomic mass is 9.86. The minimum Gasteiger partial charge on any atom is -0.395 e. The van der Waals surface area contributed by atoms with Crippen molar-refractivity contribution in [3.63, 3.8) is 0 Å². The van der Waals surface area contributed by atoms with Crippen LogP contribution in [0.2, 0.25) is 0 Å². The lowest BCUT2D eigenvalue weighted by molar-refractivity contribution is 0.127. The van der Waals surface area contributed by atoms with E-state index in [1.165, 1.54) is 0 Å². The number of aromatic nitrogens is 1. The maximum absolute atomic E-state index is 10.1. The summed E-state index contributed by atoms with van der Waals surface area (Å²) in [5.74, 6) is 0. The Labute approximate surface area is 164 Å². The van der Waals surface area contributed by atoms with Crippen molar-refractivity contribution in [2.45, 2.75) is 31.6 Å². The van der Waals surface area contributed by atoms with Gasteiger partial charge in [-0.15, -0.1) is 0 Å². The lowest BCUT2D eigenvalue weighted by Gasteiger charge is -2.35. The maximum atomic E-state index is 10.1. The van der Waals surface area contributed by atoms with Crippen molar-refractivity contribution in [3.8, 4) is 0 Å². The zero-order valence-electron chi connectivity index (χ0n) is 17.0. The van der Waals surface area contributed by atoms with Crippen LogP contribution in [0.1, 0.15) is 31.9 Å². The third-order valence-corrected chi connectivity index (χ3v) is 4.97. The molecule has 1 rings (SSSR count). The van der Waals surface area contributed by atoms with Crippen molar-refractivity contribution in [2.75, 3.05) is 65.5 Å². The molecule has 0 fully saturated rings. The number of hydrogen-bond acceptors (Lipinski definition) is 7. The minimum atomic E-state index is -0.394. The molecular weight excluding hydrogens is 340 g/mol. The van der Waals surface area contributed by atoms with Gasteiger partial charge in [-0.2, -0.15) is 0 Å². The Bertz CT molecular complexity index is 467. The Hall–Kier alpha value is -1.09. The molecule has 1 aromatic rings. The molecule has 1 heterocycles. The molecule has 0 bridgehead atoms. The highest BCUT2D eigenvalue weighted by molar-refractivity contribution is 5.16. The number of nitrogens with zero attached hydrogens (tertiary/aromatic N) is 3. The first-order valence-electron chi connectivity index (χ1n) is 10.2. The van der Waals surface area contributed by atoms with Crippen LogP contribution in [0.4, 0.5) is 0 Å². The SMILES string of the molecule is CC(CO)(CN(CCCN)CCN(CCCN)CCCN)c1ccccn1. The van der Waals surface area contributed by atoms with Crippen molar-refractivity contribution < 1.29 is 5.11 Å². The molecule has 7 N–H and O–H groups in total. The Morgan fingerprint density at radius 2 is 1.44 bits per heavy atom. The monoisotopic (exact) mass is 380 g/mol. The minimum absolute atomic E-state index is 0.0627. The first kappa shape index (κ1) is 23.9. The Morgan fingerprint density at radius 1 is 0.889 bits per heavy atom. The molecule has 0 aliphatic carbocycles. The van der Waals surface area contributed by atoms with Crippen molar-refractivity contribution >= 4 is 0 Å². The fourth-order valence-electron chi connectivity index (χ4n) is 3.26. The van der Waals surface area contributed by atoms with Crippen LogP contribution >= 0.6 is 0 Å². The predicted octanol–water partition coefficient (Wildman–Crippen LogP) is -0.0180. The Kier molecular flexibility index (Phi) is 12.4. The fraction of sp³-hybridized carbons (Fsp3) is 0.750. The van der Waals surface area contributed by atoms with Gasteiger partial charge in [-0.25, -0.2) is 0 Å². The van der Waals surface area contributed by atoms with Crippen LogP contribution in [0.3, 0.4) is 0 Å². The molecule has 1 unspecified atom stereocenters. The van der Waals surface area contributed by atoms with Gasteiger partial charge in [0.1, 0.15) is 0 Å². The zero-order valence-corrected chi connectivity index (χ0v) is 17.0. The van der Waals surface area contributed by atoms with Crippen LogP contribution in [0, 0.1) is 0 Å². The average Bonchev–Trinajstić information content (AvgIpc) is 2.71. The highest BCUT2D eigenvalue weighted by Gasteiger charge is 2.30. The van der Waals surface area contributed by atoms with Gasteiger partial charge in [0.15, 0.2) is 0 Å². The number of hydrogen-bond donors (Lipinski definition) is 4. The van der Waals surface area contributed by atoms with Crippen LogP contribution < -0.4 is 17.2 Å². The van der Waals surface area contributed by atoms with Crippen molar-refractivity contribution in [1.82, 2.24) is 14.8 Å². The fourth-order valence-corrected chi connectivity index (χ4v) is 3.26. The lowest BCUT2D eigenvalue weighted by Crippen LogP contribution is -2.46. The molecule has 0 spiro atoms. The molecule has 0 radical (unpaired) electrons. The Balaban J connectivity index is 2.74. The van der Waals surface area contributed by atoms with E-state index in [1.54, 1.807) is 6.20 Å². The standard InChI is InChI=1S/C20H40N6O/c1-20(18-27,19-7-2-3-11-24-19)17-26(14-6-10-23)16-15-25(12-4-8-21)13-5-9-22/h2-3,7,11,27H,4-6,8-10,12-18,21-23H2,1H3. The number of aliphatic hydroxyl groups is 1. The van der Waals surface area contributed by atoms with E-state index in [9.17, 15) is 5.11 Å². The van der Waals surface area contributed by atoms with Gasteiger partial charge in [0.25, 0.3) is 0 Å². The van der Waals surface area contributed by atoms with E-state index < -0.39 is 5.41 Å². The smallest absolute Gasteiger partial charge is 0.0552 e. The van der Waals surface area contributed by atoms with Gasteiger partial charge < -0.3 is 32.1 Å². The molecule has 1 aromatic heterocycles. The molecule has 156 valence electrons. The van der Waals surface area contributed by atoms with Crippen LogP contribution in [0.15, 0.2) is 24.4 Å². The second-order valence-electron chi connectivity index (χ2n) is 7.48. The van der Waals surface area contributed by atoms with Crippen LogP contribution in [-0.2, 0) is 5.41 Å². The van der Waals surface area contributed by atoms with E-state index >= 15 is 0 Å². The summed E-state index contributed by atoms with van der Waals surface area (Å²) < 4.78 is 0. The quantitative estimate of drug-likeness (QED) is 0.318. The van der Waals surface area contributed by atoms with E-state index in [-0.39, 0.29) is 6.61 Å². The summed E-state index contributed by atoms with van der Waals surface area (Å²) in [6.07, 6.45) is 4.72. The molecule has 1 atom stereocenters. The maximum Gasteiger partial charge on any atom is 0.0552 e. The summed E-state index contributed by atoms with van der Waals surface area (Å²) in [7, 11) is 0. The first-order valence-corrected chi connectivity index (χ1v) is 10.2. The summed E-state index contributed by atoms with van der Waals surface area (Å²) in [5.41, 5.74) is 17.6. The number of aliphatic hydroxyl groups excluding tert-OH is 1. The van der Waals surface area contributed by atoms with E-state index in [1.807, 2.05) is 18.2 Å². The molecule has 0 aliphatic rings. The molecule has 0 aliphatic heterocycles. The number of pyridine rings is 1. The second kappa shape index (κ2) is 14.0. The summed E-state index contributed by atoms with van der Waals surface area (Å²) in [4.78, 5) is 9.32. The van der Waals surface area contributed by atoms with Gasteiger partial charge in [0.05, 0.1) is 6.61 Å². The number of rotatable bonds is 16. The molecule has 0 amide bonds. The van der Waals surface area contributed by atoms with Gasteiger partial charge in [-0.3, -0.25) is 4.98 Å². The van der Waals surface area contributed by atoms with E-state index in [4.69, 9.17) is 17.2 Å². The van der Waals surface area contributed by atoms with Crippen molar-refractivity contribution in [3.05, 3.63) is 30.1 Å². The Morgan fingerprint density at radius 3 is 1.93 bits per heavy atom. The highest BCUT2D eigenvalue weighted by Crippen LogP contribution is 2.22. The third-order valence-electron chi connectivity index (χ3n) is 4.97. The zero-order chi connectivity index (χ0) is 20.0. The normalized spacial score (nSPS) is 14.0. The number of nitrogens with two attached hydrogens (primary N) is 3. The molecular formula is C20H40N6O. The topological polar surface area (TPSA) is 118 Å². The summed E-state index contributed by atoms with van der Waals surface area (Å²) in [6.45, 7) is 9.78. The molecule has 27 heavy (non-hydrogen) atoms. The molecule has 7 nitrogen and oxygen atoms in total. The van der Waals surface area contributed by atoms with Crippen molar-refractivity contribution in [1.29, 1.82) is 0 Å². The third kappa shape index (κ3) is 9.10. The second-order valence-corrected chi connectivity index (χ2v) is 7.48. The van der Waals surface area contributed by atoms with Crippen LogP contribution in [0.5, 0.6) is 0 Å². The van der Waals surface area contributed by atoms with E-state index in [2.05, 4.69) is 21.7 Å².